The Morgan fingerprint density at radius 2 is 1.94 bits per heavy atom. The summed E-state index contributed by atoms with van der Waals surface area (Å²) in [5.41, 5.74) is 0. The molecule has 0 aromatic carbocycles. The van der Waals surface area contributed by atoms with Gasteiger partial charge in [0.25, 0.3) is 0 Å². The van der Waals surface area contributed by atoms with Gasteiger partial charge in [0, 0.05) is 20.6 Å². The van der Waals surface area contributed by atoms with Gasteiger partial charge in [-0.15, -0.1) is 0 Å². The number of carbonyl (C=O) groups is 2. The number of rotatable bonds is 8. The Kier molecular flexibility index (Phi) is 6.85. The molecular weight excluding hydrogens is 262 g/mol. The van der Waals surface area contributed by atoms with E-state index in [0.717, 1.165) is 6.92 Å². The lowest BCUT2D eigenvalue weighted by molar-refractivity contribution is -0.140. The molecule has 106 valence electrons. The molecule has 2 N–H and O–H groups in total. The fourth-order valence-corrected chi connectivity index (χ4v) is 2.75. The molecule has 8 heteroatoms. The molecule has 0 saturated heterocycles. The van der Waals surface area contributed by atoms with E-state index in [0.29, 0.717) is 0 Å². The Hall–Kier alpha value is -1.15. The third-order valence-corrected chi connectivity index (χ3v) is 4.68. The van der Waals surface area contributed by atoms with Crippen LogP contribution in [0, 0.1) is 0 Å². The van der Waals surface area contributed by atoms with Gasteiger partial charge in [-0.3, -0.25) is 4.79 Å². The lowest BCUT2D eigenvalue weighted by atomic mass is 10.3. The van der Waals surface area contributed by atoms with Crippen LogP contribution in [0.15, 0.2) is 0 Å². The average Bonchev–Trinajstić information content (AvgIpc) is 2.23. The van der Waals surface area contributed by atoms with Crippen LogP contribution in [0.25, 0.3) is 0 Å². The third-order valence-electron chi connectivity index (χ3n) is 2.42. The standard InChI is InChI=1S/C10H19NO6S/c1-7(4-5-17-3)18(15,16)6-9(10(13)14)11-8(2)12/h7,9H,4-6H2,1-3H3,(H,11,12)(H,13,14). The molecule has 0 heterocycles. The van der Waals surface area contributed by atoms with Crippen LogP contribution in [0.1, 0.15) is 20.3 Å². The second-order valence-electron chi connectivity index (χ2n) is 4.01. The highest BCUT2D eigenvalue weighted by Gasteiger charge is 2.29. The zero-order valence-corrected chi connectivity index (χ0v) is 11.5. The number of carboxylic acid groups (broad SMARTS) is 1. The summed E-state index contributed by atoms with van der Waals surface area (Å²) < 4.78 is 28.5. The zero-order valence-electron chi connectivity index (χ0n) is 10.7. The molecule has 0 aliphatic carbocycles. The van der Waals surface area contributed by atoms with Crippen molar-refractivity contribution >= 4 is 21.7 Å². The summed E-state index contributed by atoms with van der Waals surface area (Å²) in [7, 11) is -2.14. The maximum Gasteiger partial charge on any atom is 0.327 e. The molecule has 0 aliphatic rings. The number of carbonyl (C=O) groups excluding carboxylic acids is 1. The molecule has 0 saturated carbocycles. The molecule has 1 amide bonds. The van der Waals surface area contributed by atoms with Crippen molar-refractivity contribution in [1.82, 2.24) is 5.32 Å². The fourth-order valence-electron chi connectivity index (χ4n) is 1.28. The van der Waals surface area contributed by atoms with E-state index in [4.69, 9.17) is 9.84 Å². The number of sulfone groups is 1. The summed E-state index contributed by atoms with van der Waals surface area (Å²) in [6.45, 7) is 2.90. The van der Waals surface area contributed by atoms with Crippen LogP contribution in [0.3, 0.4) is 0 Å². The van der Waals surface area contributed by atoms with Crippen molar-refractivity contribution in [3.63, 3.8) is 0 Å². The Labute approximate surface area is 106 Å². The van der Waals surface area contributed by atoms with Crippen LogP contribution in [0.4, 0.5) is 0 Å². The highest BCUT2D eigenvalue weighted by molar-refractivity contribution is 7.92. The van der Waals surface area contributed by atoms with E-state index in [1.807, 2.05) is 0 Å². The van der Waals surface area contributed by atoms with Crippen LogP contribution < -0.4 is 5.32 Å². The normalized spacial score (nSPS) is 14.8. The number of aliphatic carboxylic acids is 1. The van der Waals surface area contributed by atoms with E-state index < -0.39 is 38.8 Å². The van der Waals surface area contributed by atoms with Gasteiger partial charge in [0.05, 0.1) is 11.0 Å². The zero-order chi connectivity index (χ0) is 14.3. The molecule has 0 bridgehead atoms. The fraction of sp³-hybridized carbons (Fsp3) is 0.800. The van der Waals surface area contributed by atoms with Crippen LogP contribution >= 0.6 is 0 Å². The smallest absolute Gasteiger partial charge is 0.327 e. The number of carboxylic acids is 1. The molecule has 0 rings (SSSR count). The van der Waals surface area contributed by atoms with Crippen molar-refractivity contribution in [2.24, 2.45) is 0 Å². The monoisotopic (exact) mass is 281 g/mol. The van der Waals surface area contributed by atoms with E-state index in [-0.39, 0.29) is 13.0 Å². The van der Waals surface area contributed by atoms with Gasteiger partial charge in [-0.1, -0.05) is 0 Å². The highest BCUT2D eigenvalue weighted by atomic mass is 32.2. The van der Waals surface area contributed by atoms with E-state index in [1.165, 1.54) is 14.0 Å². The molecule has 2 atom stereocenters. The summed E-state index contributed by atoms with van der Waals surface area (Å²) in [5.74, 6) is -2.57. The predicted molar refractivity (Wildman–Crippen MR) is 65.0 cm³/mol. The summed E-state index contributed by atoms with van der Waals surface area (Å²) in [6.07, 6.45) is 0.283. The Balaban J connectivity index is 4.69. The maximum absolute atomic E-state index is 11.9. The van der Waals surface area contributed by atoms with Crippen molar-refractivity contribution in [2.45, 2.75) is 31.6 Å². The van der Waals surface area contributed by atoms with Gasteiger partial charge in [0.2, 0.25) is 5.91 Å². The van der Waals surface area contributed by atoms with Crippen molar-refractivity contribution in [1.29, 1.82) is 0 Å². The van der Waals surface area contributed by atoms with Gasteiger partial charge in [-0.25, -0.2) is 13.2 Å². The first kappa shape index (κ1) is 16.9. The van der Waals surface area contributed by atoms with E-state index >= 15 is 0 Å². The molecular formula is C10H19NO6S. The minimum atomic E-state index is -3.60. The van der Waals surface area contributed by atoms with E-state index in [2.05, 4.69) is 5.32 Å². The van der Waals surface area contributed by atoms with Crippen molar-refractivity contribution in [2.75, 3.05) is 19.5 Å². The first-order valence-electron chi connectivity index (χ1n) is 5.41. The molecule has 0 aliphatic heterocycles. The molecule has 0 radical (unpaired) electrons. The molecule has 2 unspecified atom stereocenters. The van der Waals surface area contributed by atoms with Crippen LogP contribution in [0.2, 0.25) is 0 Å². The number of methoxy groups -OCH3 is 1. The van der Waals surface area contributed by atoms with E-state index in [1.54, 1.807) is 0 Å². The molecule has 7 nitrogen and oxygen atoms in total. The number of nitrogens with one attached hydrogen (secondary N) is 1. The molecule has 0 fully saturated rings. The number of hydrogen-bond donors (Lipinski definition) is 2. The van der Waals surface area contributed by atoms with Crippen molar-refractivity contribution in [3.8, 4) is 0 Å². The minimum Gasteiger partial charge on any atom is -0.480 e. The Bertz CT molecular complexity index is 391. The van der Waals surface area contributed by atoms with Crippen molar-refractivity contribution < 1.29 is 27.9 Å². The van der Waals surface area contributed by atoms with Gasteiger partial charge in [-0.05, 0) is 13.3 Å². The first-order chi connectivity index (χ1) is 8.20. The SMILES string of the molecule is COCCC(C)S(=O)(=O)CC(NC(C)=O)C(=O)O. The summed E-state index contributed by atoms with van der Waals surface area (Å²) in [4.78, 5) is 21.6. The number of hydrogen-bond acceptors (Lipinski definition) is 5. The topological polar surface area (TPSA) is 110 Å². The van der Waals surface area contributed by atoms with Gasteiger partial charge in [-0.2, -0.15) is 0 Å². The third kappa shape index (κ3) is 5.97. The Morgan fingerprint density at radius 1 is 1.39 bits per heavy atom. The molecule has 18 heavy (non-hydrogen) atoms. The Morgan fingerprint density at radius 3 is 2.33 bits per heavy atom. The molecule has 0 spiro atoms. The van der Waals surface area contributed by atoms with Crippen LogP contribution in [0.5, 0.6) is 0 Å². The van der Waals surface area contributed by atoms with Gasteiger partial charge in [0.15, 0.2) is 9.84 Å². The van der Waals surface area contributed by atoms with Crippen LogP contribution in [-0.2, 0) is 24.2 Å². The molecule has 0 aromatic rings. The van der Waals surface area contributed by atoms with Gasteiger partial charge >= 0.3 is 5.97 Å². The largest absolute Gasteiger partial charge is 0.480 e. The van der Waals surface area contributed by atoms with Crippen molar-refractivity contribution in [3.05, 3.63) is 0 Å². The van der Waals surface area contributed by atoms with E-state index in [9.17, 15) is 18.0 Å². The second-order valence-corrected chi connectivity index (χ2v) is 6.48. The highest BCUT2D eigenvalue weighted by Crippen LogP contribution is 2.08. The van der Waals surface area contributed by atoms with Gasteiger partial charge in [0.1, 0.15) is 6.04 Å². The number of amides is 1. The molecule has 0 aromatic heterocycles. The summed E-state index contributed by atoms with van der Waals surface area (Å²) in [5, 5.41) is 10.2. The van der Waals surface area contributed by atoms with Gasteiger partial charge < -0.3 is 15.2 Å². The lowest BCUT2D eigenvalue weighted by Crippen LogP contribution is -2.46. The summed E-state index contributed by atoms with van der Waals surface area (Å²) in [6, 6.07) is -1.42. The summed E-state index contributed by atoms with van der Waals surface area (Å²) >= 11 is 0. The first-order valence-corrected chi connectivity index (χ1v) is 7.12. The second kappa shape index (κ2) is 7.32. The predicted octanol–water partition coefficient (Wildman–Crippen LogP) is -0.584. The maximum atomic E-state index is 11.9. The van der Waals surface area contributed by atoms with Crippen LogP contribution in [-0.4, -0.2) is 56.2 Å². The quantitative estimate of drug-likeness (QED) is 0.615. The lowest BCUT2D eigenvalue weighted by Gasteiger charge is -2.17. The minimum absolute atomic E-state index is 0.276. The number of ether oxygens (including phenoxy) is 1. The average molecular weight is 281 g/mol.